The molecule has 146 valence electrons. The molecule has 1 aromatic heterocycles. The van der Waals surface area contributed by atoms with Crippen LogP contribution in [0.1, 0.15) is 47.2 Å². The summed E-state index contributed by atoms with van der Waals surface area (Å²) in [6.45, 7) is 0. The van der Waals surface area contributed by atoms with Crippen LogP contribution in [0.5, 0.6) is 0 Å². The summed E-state index contributed by atoms with van der Waals surface area (Å²) in [6, 6.07) is 12.5. The predicted octanol–water partition coefficient (Wildman–Crippen LogP) is 4.70. The number of pyridine rings is 1. The number of anilines is 1. The van der Waals surface area contributed by atoms with Gasteiger partial charge in [-0.05, 0) is 37.1 Å². The fourth-order valence-electron chi connectivity index (χ4n) is 2.91. The second-order valence-corrected chi connectivity index (χ2v) is 7.04. The molecule has 29 heavy (non-hydrogen) atoms. The number of Topliss-reactive ketones (excluding diaryl/α,β-unsaturated/α-hetero) is 1. The summed E-state index contributed by atoms with van der Waals surface area (Å²) in [6.07, 6.45) is 3.15. The van der Waals surface area contributed by atoms with E-state index in [9.17, 15) is 9.59 Å². The molecule has 0 amide bonds. The number of nitrogen functional groups attached to an aromatic ring is 1. The average Bonchev–Trinajstić information content (AvgIpc) is 2.70. The van der Waals surface area contributed by atoms with E-state index in [1.54, 1.807) is 36.5 Å². The van der Waals surface area contributed by atoms with Gasteiger partial charge in [0.25, 0.3) is 0 Å². The van der Waals surface area contributed by atoms with Gasteiger partial charge in [0.15, 0.2) is 5.78 Å². The number of rotatable bonds is 6. The van der Waals surface area contributed by atoms with Crippen LogP contribution in [-0.4, -0.2) is 21.8 Å². The van der Waals surface area contributed by atoms with E-state index in [-0.39, 0.29) is 12.2 Å². The summed E-state index contributed by atoms with van der Waals surface area (Å²) < 4.78 is 0. The summed E-state index contributed by atoms with van der Waals surface area (Å²) in [7, 11) is 0. The minimum atomic E-state index is -0.843. The van der Waals surface area contributed by atoms with Gasteiger partial charge in [0.1, 0.15) is 5.82 Å². The number of nitrogens with two attached hydrogens (primary N) is 1. The van der Waals surface area contributed by atoms with Crippen molar-refractivity contribution in [2.24, 2.45) is 0 Å². The highest BCUT2D eigenvalue weighted by molar-refractivity contribution is 6.31. The number of benzene rings is 2. The molecule has 3 rings (SSSR count). The Kier molecular flexibility index (Phi) is 6.48. The number of fused-ring (bicyclic) bond motifs is 1. The van der Waals surface area contributed by atoms with Crippen LogP contribution in [0, 0.1) is 11.8 Å². The molecule has 6 heteroatoms. The Morgan fingerprint density at radius 3 is 2.48 bits per heavy atom. The monoisotopic (exact) mass is 406 g/mol. The number of aliphatic carboxylic acids is 1. The van der Waals surface area contributed by atoms with E-state index in [2.05, 4.69) is 16.8 Å². The van der Waals surface area contributed by atoms with Crippen molar-refractivity contribution in [3.63, 3.8) is 0 Å². The average molecular weight is 407 g/mol. The number of ketones is 1. The van der Waals surface area contributed by atoms with Crippen LogP contribution in [0.25, 0.3) is 10.8 Å². The van der Waals surface area contributed by atoms with Crippen molar-refractivity contribution >= 4 is 39.9 Å². The third-order valence-electron chi connectivity index (χ3n) is 4.47. The lowest BCUT2D eigenvalue weighted by molar-refractivity contribution is -0.137. The Bertz CT molecular complexity index is 1120. The second-order valence-electron chi connectivity index (χ2n) is 6.60. The van der Waals surface area contributed by atoms with Gasteiger partial charge in [-0.2, -0.15) is 0 Å². The van der Waals surface area contributed by atoms with Crippen molar-refractivity contribution in [2.75, 3.05) is 5.73 Å². The topological polar surface area (TPSA) is 93.3 Å². The first-order valence-electron chi connectivity index (χ1n) is 9.15. The Balaban J connectivity index is 1.75. The lowest BCUT2D eigenvalue weighted by Crippen LogP contribution is -2.00. The van der Waals surface area contributed by atoms with E-state index in [1.165, 1.54) is 0 Å². The number of hydrogen-bond acceptors (Lipinski definition) is 4. The summed E-state index contributed by atoms with van der Waals surface area (Å²) in [5, 5.41) is 11.0. The van der Waals surface area contributed by atoms with E-state index in [4.69, 9.17) is 22.4 Å². The lowest BCUT2D eigenvalue weighted by Gasteiger charge is -2.04. The summed E-state index contributed by atoms with van der Waals surface area (Å²) in [5.41, 5.74) is 7.95. The van der Waals surface area contributed by atoms with E-state index in [1.807, 2.05) is 12.1 Å². The van der Waals surface area contributed by atoms with Crippen LogP contribution in [0.4, 0.5) is 5.82 Å². The molecule has 0 spiro atoms. The highest BCUT2D eigenvalue weighted by Gasteiger charge is 2.07. The molecule has 0 unspecified atom stereocenters. The standard InChI is InChI=1S/C23H19ClN2O3/c24-18-11-10-17-14-26-23(25)19(20(17)13-18)12-7-15-5-8-16(9-6-15)21(27)3-1-2-4-22(28)29/h5-6,8-11,13-14H,1-4H2,(H2,25,26)(H,28,29). The number of halogens is 1. The third-order valence-corrected chi connectivity index (χ3v) is 4.70. The van der Waals surface area contributed by atoms with E-state index < -0.39 is 5.97 Å². The molecule has 3 aromatic rings. The van der Waals surface area contributed by atoms with Crippen molar-refractivity contribution in [3.8, 4) is 11.8 Å². The molecular weight excluding hydrogens is 388 g/mol. The number of unbranched alkanes of at least 4 members (excludes halogenated alkanes) is 1. The first kappa shape index (κ1) is 20.4. The quantitative estimate of drug-likeness (QED) is 0.351. The van der Waals surface area contributed by atoms with Gasteiger partial charge in [0.05, 0.1) is 5.56 Å². The molecule has 0 saturated heterocycles. The molecule has 3 N–H and O–H groups in total. The number of carbonyl (C=O) groups excluding carboxylic acids is 1. The number of aromatic nitrogens is 1. The summed E-state index contributed by atoms with van der Waals surface area (Å²) >= 11 is 6.10. The molecule has 0 aliphatic rings. The van der Waals surface area contributed by atoms with Crippen molar-refractivity contribution < 1.29 is 14.7 Å². The number of nitrogens with zero attached hydrogens (tertiary/aromatic N) is 1. The molecule has 0 atom stereocenters. The Hall–Kier alpha value is -3.36. The van der Waals surface area contributed by atoms with Crippen LogP contribution in [0.15, 0.2) is 48.7 Å². The normalized spacial score (nSPS) is 10.4. The minimum Gasteiger partial charge on any atom is -0.481 e. The Morgan fingerprint density at radius 2 is 1.76 bits per heavy atom. The zero-order chi connectivity index (χ0) is 20.8. The first-order chi connectivity index (χ1) is 13.9. The van der Waals surface area contributed by atoms with Crippen molar-refractivity contribution in [3.05, 3.63) is 70.4 Å². The van der Waals surface area contributed by atoms with Crippen molar-refractivity contribution in [1.82, 2.24) is 4.98 Å². The lowest BCUT2D eigenvalue weighted by atomic mass is 10.0. The fraction of sp³-hybridized carbons (Fsp3) is 0.174. The van der Waals surface area contributed by atoms with Gasteiger partial charge in [-0.1, -0.05) is 41.6 Å². The van der Waals surface area contributed by atoms with Gasteiger partial charge in [-0.15, -0.1) is 0 Å². The maximum Gasteiger partial charge on any atom is 0.303 e. The molecule has 0 fully saturated rings. The smallest absolute Gasteiger partial charge is 0.303 e. The molecule has 0 aliphatic heterocycles. The van der Waals surface area contributed by atoms with Crippen LogP contribution in [0.2, 0.25) is 5.02 Å². The number of hydrogen-bond donors (Lipinski definition) is 2. The Labute approximate surface area is 173 Å². The molecule has 0 saturated carbocycles. The van der Waals surface area contributed by atoms with Gasteiger partial charge in [-0.3, -0.25) is 9.59 Å². The summed E-state index contributed by atoms with van der Waals surface area (Å²) in [5.74, 6) is 5.60. The Morgan fingerprint density at radius 1 is 1.03 bits per heavy atom. The molecule has 0 radical (unpaired) electrons. The number of carboxylic acid groups (broad SMARTS) is 1. The zero-order valence-electron chi connectivity index (χ0n) is 15.6. The van der Waals surface area contributed by atoms with Gasteiger partial charge in [0, 0.05) is 46.0 Å². The summed E-state index contributed by atoms with van der Waals surface area (Å²) in [4.78, 5) is 26.9. The highest BCUT2D eigenvalue weighted by Crippen LogP contribution is 2.25. The maximum atomic E-state index is 12.2. The molecule has 5 nitrogen and oxygen atoms in total. The van der Waals surface area contributed by atoms with Crippen LogP contribution in [-0.2, 0) is 4.79 Å². The van der Waals surface area contributed by atoms with Crippen LogP contribution < -0.4 is 5.73 Å². The predicted molar refractivity (Wildman–Crippen MR) is 114 cm³/mol. The van der Waals surface area contributed by atoms with Crippen LogP contribution >= 0.6 is 11.6 Å². The van der Waals surface area contributed by atoms with Crippen LogP contribution in [0.3, 0.4) is 0 Å². The fourth-order valence-corrected chi connectivity index (χ4v) is 3.08. The first-order valence-corrected chi connectivity index (χ1v) is 9.52. The second kappa shape index (κ2) is 9.22. The van der Waals surface area contributed by atoms with Gasteiger partial charge in [-0.25, -0.2) is 4.98 Å². The van der Waals surface area contributed by atoms with Gasteiger partial charge in [0.2, 0.25) is 0 Å². The van der Waals surface area contributed by atoms with Crippen molar-refractivity contribution in [1.29, 1.82) is 0 Å². The number of carboxylic acids is 1. The van der Waals surface area contributed by atoms with Gasteiger partial charge < -0.3 is 10.8 Å². The third kappa shape index (κ3) is 5.34. The van der Waals surface area contributed by atoms with Crippen molar-refractivity contribution in [2.45, 2.75) is 25.7 Å². The van der Waals surface area contributed by atoms with E-state index in [0.29, 0.717) is 41.2 Å². The molecule has 0 aliphatic carbocycles. The van der Waals surface area contributed by atoms with Gasteiger partial charge >= 0.3 is 5.97 Å². The molecule has 2 aromatic carbocycles. The molecular formula is C23H19ClN2O3. The van der Waals surface area contributed by atoms with E-state index >= 15 is 0 Å². The minimum absolute atomic E-state index is 0.00737. The SMILES string of the molecule is Nc1ncc2ccc(Cl)cc2c1C#Cc1ccc(C(=O)CCCCC(=O)O)cc1. The molecule has 1 heterocycles. The zero-order valence-corrected chi connectivity index (χ0v) is 16.4. The number of carbonyl (C=O) groups is 2. The van der Waals surface area contributed by atoms with E-state index in [0.717, 1.165) is 16.3 Å². The largest absolute Gasteiger partial charge is 0.481 e. The highest BCUT2D eigenvalue weighted by atomic mass is 35.5. The molecule has 0 bridgehead atoms. The maximum absolute atomic E-state index is 12.2.